The van der Waals surface area contributed by atoms with Crippen LogP contribution in [0.15, 0.2) is 48.6 Å². The van der Waals surface area contributed by atoms with Crippen LogP contribution < -0.4 is 0 Å². The molecule has 1 aromatic carbocycles. The number of benzene rings is 1. The van der Waals surface area contributed by atoms with Gasteiger partial charge in [0.15, 0.2) is 0 Å². The van der Waals surface area contributed by atoms with Crippen LogP contribution in [-0.2, 0) is 19.3 Å². The molecule has 95 valence electrons. The van der Waals surface area contributed by atoms with E-state index in [9.17, 15) is 0 Å². The van der Waals surface area contributed by atoms with E-state index in [0.29, 0.717) is 0 Å². The molecule has 0 fully saturated rings. The Kier molecular flexibility index (Phi) is 6.86. The third-order valence-corrected chi connectivity index (χ3v) is 2.99. The smallest absolute Gasteiger partial charge is 0.00919 e. The van der Waals surface area contributed by atoms with Crippen molar-refractivity contribution in [2.45, 2.75) is 40.0 Å². The monoisotopic (exact) mass is 239 g/mol. The van der Waals surface area contributed by atoms with Gasteiger partial charge in [0.05, 0.1) is 0 Å². The minimum absolute atomic E-state index is 1.00. The Morgan fingerprint density at radius 1 is 0.778 bits per heavy atom. The molecule has 0 aliphatic heterocycles. The molecule has 0 aliphatic carbocycles. The first-order valence-corrected chi connectivity index (χ1v) is 6.67. The molecule has 0 atom stereocenters. The highest BCUT2D eigenvalue weighted by Crippen LogP contribution is 2.18. The molecule has 0 aromatic heterocycles. The molecule has 18 heavy (non-hydrogen) atoms. The topological polar surface area (TPSA) is 0 Å². The van der Waals surface area contributed by atoms with Crippen LogP contribution in [0.25, 0.3) is 0 Å². The zero-order valence-electron chi connectivity index (χ0n) is 11.7. The molecule has 0 N–H and O–H groups in total. The average Bonchev–Trinajstić information content (AvgIpc) is 2.41. The summed E-state index contributed by atoms with van der Waals surface area (Å²) in [4.78, 5) is 0. The molecule has 0 saturated carbocycles. The van der Waals surface area contributed by atoms with Crippen LogP contribution >= 0.6 is 0 Å². The van der Waals surface area contributed by atoms with Crippen molar-refractivity contribution in [3.8, 4) is 0 Å². The summed E-state index contributed by atoms with van der Waals surface area (Å²) in [6.45, 7) is 6.21. The van der Waals surface area contributed by atoms with Gasteiger partial charge in [0.2, 0.25) is 0 Å². The fourth-order valence-corrected chi connectivity index (χ4v) is 1.98. The summed E-state index contributed by atoms with van der Waals surface area (Å²) in [6, 6.07) is 7.52. The average molecular weight is 239 g/mol. The van der Waals surface area contributed by atoms with Gasteiger partial charge in [0.1, 0.15) is 0 Å². The largest absolute Gasteiger partial charge is 0.0913 e. The molecule has 0 heterocycles. The van der Waals surface area contributed by atoms with Crippen molar-refractivity contribution >= 4 is 0 Å². The first-order chi connectivity index (χ1) is 8.83. The highest BCUT2D eigenvalue weighted by atomic mass is 14.1. The summed E-state index contributed by atoms with van der Waals surface area (Å²) < 4.78 is 0. The molecular formula is C18H23. The molecule has 0 aliphatic rings. The highest BCUT2D eigenvalue weighted by molar-refractivity contribution is 5.38. The summed E-state index contributed by atoms with van der Waals surface area (Å²) in [5.74, 6) is 0. The molecule has 0 unspecified atom stereocenters. The van der Waals surface area contributed by atoms with Crippen LogP contribution in [-0.4, -0.2) is 0 Å². The molecule has 0 saturated heterocycles. The van der Waals surface area contributed by atoms with E-state index in [-0.39, 0.29) is 0 Å². The van der Waals surface area contributed by atoms with Crippen LogP contribution in [0.2, 0.25) is 0 Å². The van der Waals surface area contributed by atoms with Gasteiger partial charge in [-0.25, -0.2) is 0 Å². The fraction of sp³-hybridized carbons (Fsp3) is 0.333. The lowest BCUT2D eigenvalue weighted by Crippen LogP contribution is -1.98. The lowest BCUT2D eigenvalue weighted by molar-refractivity contribution is 1.08. The van der Waals surface area contributed by atoms with E-state index in [4.69, 9.17) is 0 Å². The minimum atomic E-state index is 1.00. The van der Waals surface area contributed by atoms with Crippen LogP contribution in [0.1, 0.15) is 37.5 Å². The molecule has 0 nitrogen and oxygen atoms in total. The standard InChI is InChI=1S/C18H23/c1-4-7-11-16-13-10-14-17(12-8-5-2)18(16)15-9-6-3/h4-9,13-14H,11-12,15H2,1-3H3. The van der Waals surface area contributed by atoms with Gasteiger partial charge in [-0.3, -0.25) is 0 Å². The molecule has 0 amide bonds. The number of hydrogen-bond acceptors (Lipinski definition) is 0. The molecule has 0 heteroatoms. The molecule has 0 spiro atoms. The van der Waals surface area contributed by atoms with E-state index in [1.54, 1.807) is 0 Å². The van der Waals surface area contributed by atoms with Gasteiger partial charge < -0.3 is 0 Å². The third-order valence-electron chi connectivity index (χ3n) is 2.99. The summed E-state index contributed by atoms with van der Waals surface area (Å²) in [7, 11) is 0. The quantitative estimate of drug-likeness (QED) is 0.623. The molecular weight excluding hydrogens is 216 g/mol. The second kappa shape index (κ2) is 8.52. The summed E-state index contributed by atoms with van der Waals surface area (Å²) in [6.07, 6.45) is 16.0. The van der Waals surface area contributed by atoms with Crippen LogP contribution in [0, 0.1) is 6.07 Å². The van der Waals surface area contributed by atoms with Crippen molar-refractivity contribution in [2.75, 3.05) is 0 Å². The van der Waals surface area contributed by atoms with Crippen molar-refractivity contribution in [3.05, 3.63) is 71.3 Å². The molecule has 1 rings (SSSR count). The van der Waals surface area contributed by atoms with Gasteiger partial charge in [-0.1, -0.05) is 48.6 Å². The zero-order chi connectivity index (χ0) is 13.2. The lowest BCUT2D eigenvalue weighted by Gasteiger charge is -2.11. The van der Waals surface area contributed by atoms with Crippen molar-refractivity contribution in [1.82, 2.24) is 0 Å². The van der Waals surface area contributed by atoms with E-state index in [0.717, 1.165) is 19.3 Å². The van der Waals surface area contributed by atoms with E-state index in [1.807, 2.05) is 0 Å². The van der Waals surface area contributed by atoms with Crippen LogP contribution in [0.4, 0.5) is 0 Å². The summed E-state index contributed by atoms with van der Waals surface area (Å²) in [5, 5.41) is 0. The van der Waals surface area contributed by atoms with E-state index < -0.39 is 0 Å². The van der Waals surface area contributed by atoms with Crippen molar-refractivity contribution in [3.63, 3.8) is 0 Å². The maximum Gasteiger partial charge on any atom is -0.00919 e. The van der Waals surface area contributed by atoms with E-state index in [2.05, 4.69) is 75.4 Å². The molecule has 1 aromatic rings. The summed E-state index contributed by atoms with van der Waals surface area (Å²) >= 11 is 0. The third kappa shape index (κ3) is 4.37. The predicted octanol–water partition coefficient (Wildman–Crippen LogP) is 4.84. The van der Waals surface area contributed by atoms with Gasteiger partial charge in [0, 0.05) is 0 Å². The van der Waals surface area contributed by atoms with Gasteiger partial charge >= 0.3 is 0 Å². The Labute approximate surface area is 112 Å². The van der Waals surface area contributed by atoms with Gasteiger partial charge in [-0.2, -0.15) is 0 Å². The Bertz CT molecular complexity index is 401. The van der Waals surface area contributed by atoms with Gasteiger partial charge in [-0.05, 0) is 62.8 Å². The number of allylic oxidation sites excluding steroid dienone is 6. The maximum absolute atomic E-state index is 3.27. The van der Waals surface area contributed by atoms with Gasteiger partial charge in [0.25, 0.3) is 0 Å². The fourth-order valence-electron chi connectivity index (χ4n) is 1.98. The molecule has 1 radical (unpaired) electrons. The Balaban J connectivity index is 3.06. The van der Waals surface area contributed by atoms with E-state index >= 15 is 0 Å². The Morgan fingerprint density at radius 3 is 1.67 bits per heavy atom. The Hall–Kier alpha value is -1.56. The number of rotatable bonds is 6. The maximum atomic E-state index is 3.27. The minimum Gasteiger partial charge on any atom is -0.0913 e. The second-order valence-electron chi connectivity index (χ2n) is 4.30. The van der Waals surface area contributed by atoms with Crippen LogP contribution in [0.3, 0.4) is 0 Å². The van der Waals surface area contributed by atoms with Gasteiger partial charge in [-0.15, -0.1) is 0 Å². The zero-order valence-corrected chi connectivity index (χ0v) is 11.7. The Morgan fingerprint density at radius 2 is 1.22 bits per heavy atom. The van der Waals surface area contributed by atoms with Crippen molar-refractivity contribution < 1.29 is 0 Å². The van der Waals surface area contributed by atoms with Crippen molar-refractivity contribution in [1.29, 1.82) is 0 Å². The SMILES string of the molecule is CC=CCc1c[c]cc(CC=CC)c1CC=CC. The van der Waals surface area contributed by atoms with E-state index in [1.165, 1.54) is 16.7 Å². The predicted molar refractivity (Wildman–Crippen MR) is 80.8 cm³/mol. The first kappa shape index (κ1) is 14.5. The molecule has 0 bridgehead atoms. The highest BCUT2D eigenvalue weighted by Gasteiger charge is 2.05. The number of hydrogen-bond donors (Lipinski definition) is 0. The first-order valence-electron chi connectivity index (χ1n) is 6.67. The summed E-state index contributed by atoms with van der Waals surface area (Å²) in [5.41, 5.74) is 4.25. The normalized spacial score (nSPS) is 12.2. The van der Waals surface area contributed by atoms with Crippen molar-refractivity contribution in [2.24, 2.45) is 0 Å². The second-order valence-corrected chi connectivity index (χ2v) is 4.30. The lowest BCUT2D eigenvalue weighted by atomic mass is 9.94. The van der Waals surface area contributed by atoms with Crippen LogP contribution in [0.5, 0.6) is 0 Å².